The molecule has 0 aliphatic heterocycles. The lowest BCUT2D eigenvalue weighted by Crippen LogP contribution is -2.26. The standard InChI is InChI=1S/C15H18F3NO3/c1-10(9-13(20)19-8-2-3-14(21)22)11-4-6-12(7-5-11)15(16,17)18/h4-7,10H,2-3,8-9H2,1H3,(H,19,20)(H,21,22). The molecule has 1 unspecified atom stereocenters. The maximum atomic E-state index is 12.5. The Balaban J connectivity index is 2.46. The fourth-order valence-electron chi connectivity index (χ4n) is 1.94. The second-order valence-electron chi connectivity index (χ2n) is 5.07. The molecule has 2 N–H and O–H groups in total. The molecule has 1 amide bonds. The third kappa shape index (κ3) is 6.15. The molecule has 0 aromatic heterocycles. The number of benzene rings is 1. The zero-order valence-electron chi connectivity index (χ0n) is 12.1. The van der Waals surface area contributed by atoms with E-state index in [2.05, 4.69) is 5.32 Å². The third-order valence-corrected chi connectivity index (χ3v) is 3.19. The van der Waals surface area contributed by atoms with E-state index < -0.39 is 17.7 Å². The van der Waals surface area contributed by atoms with Crippen molar-refractivity contribution in [1.82, 2.24) is 5.32 Å². The van der Waals surface area contributed by atoms with E-state index in [1.54, 1.807) is 6.92 Å². The van der Waals surface area contributed by atoms with Crippen LogP contribution in [0.3, 0.4) is 0 Å². The maximum absolute atomic E-state index is 12.5. The normalized spacial score (nSPS) is 12.7. The zero-order valence-corrected chi connectivity index (χ0v) is 12.1. The van der Waals surface area contributed by atoms with E-state index in [4.69, 9.17) is 5.11 Å². The van der Waals surface area contributed by atoms with Crippen molar-refractivity contribution < 1.29 is 27.9 Å². The number of rotatable bonds is 7. The molecule has 0 aliphatic carbocycles. The number of hydrogen-bond acceptors (Lipinski definition) is 2. The lowest BCUT2D eigenvalue weighted by Gasteiger charge is -2.13. The van der Waals surface area contributed by atoms with E-state index in [0.29, 0.717) is 12.0 Å². The van der Waals surface area contributed by atoms with Gasteiger partial charge in [-0.2, -0.15) is 13.2 Å². The van der Waals surface area contributed by atoms with Gasteiger partial charge >= 0.3 is 12.1 Å². The molecule has 1 aromatic rings. The first-order valence-electron chi connectivity index (χ1n) is 6.86. The Kier molecular flexibility index (Phi) is 6.39. The highest BCUT2D eigenvalue weighted by molar-refractivity contribution is 5.76. The number of halogens is 3. The molecular formula is C15H18F3NO3. The summed E-state index contributed by atoms with van der Waals surface area (Å²) < 4.78 is 37.4. The summed E-state index contributed by atoms with van der Waals surface area (Å²) in [5.41, 5.74) is -0.0738. The Bertz CT molecular complexity index is 512. The lowest BCUT2D eigenvalue weighted by atomic mass is 9.96. The molecule has 0 spiro atoms. The van der Waals surface area contributed by atoms with Gasteiger partial charge in [-0.05, 0) is 30.0 Å². The van der Waals surface area contributed by atoms with Crippen LogP contribution in [0.2, 0.25) is 0 Å². The molecule has 4 nitrogen and oxygen atoms in total. The van der Waals surface area contributed by atoms with Gasteiger partial charge in [0.1, 0.15) is 0 Å². The molecule has 1 rings (SSSR count). The number of aliphatic carboxylic acids is 1. The smallest absolute Gasteiger partial charge is 0.416 e. The van der Waals surface area contributed by atoms with E-state index >= 15 is 0 Å². The van der Waals surface area contributed by atoms with Crippen LogP contribution in [0.4, 0.5) is 13.2 Å². The summed E-state index contributed by atoms with van der Waals surface area (Å²) >= 11 is 0. The van der Waals surface area contributed by atoms with Crippen molar-refractivity contribution in [1.29, 1.82) is 0 Å². The molecule has 0 heterocycles. The van der Waals surface area contributed by atoms with Crippen LogP contribution in [-0.2, 0) is 15.8 Å². The summed E-state index contributed by atoms with van der Waals surface area (Å²) in [5, 5.41) is 11.1. The van der Waals surface area contributed by atoms with Crippen molar-refractivity contribution in [3.05, 3.63) is 35.4 Å². The van der Waals surface area contributed by atoms with Crippen LogP contribution in [-0.4, -0.2) is 23.5 Å². The fourth-order valence-corrected chi connectivity index (χ4v) is 1.94. The summed E-state index contributed by atoms with van der Waals surface area (Å²) in [6.07, 6.45) is -3.91. The number of amides is 1. The summed E-state index contributed by atoms with van der Waals surface area (Å²) in [6, 6.07) is 4.73. The molecular weight excluding hydrogens is 299 g/mol. The molecule has 0 aliphatic rings. The molecule has 0 radical (unpaired) electrons. The number of alkyl halides is 3. The zero-order chi connectivity index (χ0) is 16.8. The molecule has 22 heavy (non-hydrogen) atoms. The lowest BCUT2D eigenvalue weighted by molar-refractivity contribution is -0.138. The van der Waals surface area contributed by atoms with E-state index in [0.717, 1.165) is 12.1 Å². The molecule has 0 saturated carbocycles. The van der Waals surface area contributed by atoms with Crippen LogP contribution >= 0.6 is 0 Å². The maximum Gasteiger partial charge on any atom is 0.416 e. The van der Waals surface area contributed by atoms with Crippen LogP contribution in [0.5, 0.6) is 0 Å². The van der Waals surface area contributed by atoms with Crippen molar-refractivity contribution in [2.45, 2.75) is 38.3 Å². The van der Waals surface area contributed by atoms with E-state index in [1.165, 1.54) is 12.1 Å². The predicted octanol–water partition coefficient (Wildman–Crippen LogP) is 3.18. The minimum Gasteiger partial charge on any atom is -0.481 e. The molecule has 0 bridgehead atoms. The second-order valence-corrected chi connectivity index (χ2v) is 5.07. The van der Waals surface area contributed by atoms with Gasteiger partial charge in [-0.3, -0.25) is 9.59 Å². The number of carbonyl (C=O) groups is 2. The van der Waals surface area contributed by atoms with Gasteiger partial charge in [-0.25, -0.2) is 0 Å². The third-order valence-electron chi connectivity index (χ3n) is 3.19. The van der Waals surface area contributed by atoms with Gasteiger partial charge in [0, 0.05) is 19.4 Å². The summed E-state index contributed by atoms with van der Waals surface area (Å²) in [4.78, 5) is 22.0. The summed E-state index contributed by atoms with van der Waals surface area (Å²) in [7, 11) is 0. The van der Waals surface area contributed by atoms with Gasteiger partial charge in [0.15, 0.2) is 0 Å². The molecule has 0 fully saturated rings. The van der Waals surface area contributed by atoms with Gasteiger partial charge in [0.25, 0.3) is 0 Å². The van der Waals surface area contributed by atoms with Crippen LogP contribution in [0.1, 0.15) is 43.2 Å². The Labute approximate surface area is 126 Å². The Morgan fingerprint density at radius 3 is 2.32 bits per heavy atom. The van der Waals surface area contributed by atoms with Crippen molar-refractivity contribution >= 4 is 11.9 Å². The first-order chi connectivity index (χ1) is 10.2. The SMILES string of the molecule is CC(CC(=O)NCCCC(=O)O)c1ccc(C(F)(F)F)cc1. The topological polar surface area (TPSA) is 66.4 Å². The first kappa shape index (κ1) is 18.0. The van der Waals surface area contributed by atoms with Crippen LogP contribution in [0.15, 0.2) is 24.3 Å². The first-order valence-corrected chi connectivity index (χ1v) is 6.86. The number of nitrogens with one attached hydrogen (secondary N) is 1. The number of hydrogen-bond donors (Lipinski definition) is 2. The van der Waals surface area contributed by atoms with Gasteiger partial charge in [0.05, 0.1) is 5.56 Å². The molecule has 7 heteroatoms. The van der Waals surface area contributed by atoms with Gasteiger partial charge in [-0.1, -0.05) is 19.1 Å². The minimum atomic E-state index is -4.37. The molecule has 122 valence electrons. The Morgan fingerprint density at radius 1 is 1.23 bits per heavy atom. The van der Waals surface area contributed by atoms with Gasteiger partial charge in [-0.15, -0.1) is 0 Å². The predicted molar refractivity (Wildman–Crippen MR) is 74.4 cm³/mol. The van der Waals surface area contributed by atoms with Crippen LogP contribution in [0, 0.1) is 0 Å². The van der Waals surface area contributed by atoms with E-state index in [9.17, 15) is 22.8 Å². The van der Waals surface area contributed by atoms with Crippen molar-refractivity contribution in [3.8, 4) is 0 Å². The largest absolute Gasteiger partial charge is 0.481 e. The Morgan fingerprint density at radius 2 is 1.82 bits per heavy atom. The van der Waals surface area contributed by atoms with Crippen molar-refractivity contribution in [3.63, 3.8) is 0 Å². The number of carboxylic acid groups (broad SMARTS) is 1. The average Bonchev–Trinajstić information content (AvgIpc) is 2.42. The van der Waals surface area contributed by atoms with Crippen LogP contribution < -0.4 is 5.32 Å². The highest BCUT2D eigenvalue weighted by atomic mass is 19.4. The van der Waals surface area contributed by atoms with Crippen LogP contribution in [0.25, 0.3) is 0 Å². The number of carboxylic acids is 1. The monoisotopic (exact) mass is 317 g/mol. The van der Waals surface area contributed by atoms with Crippen molar-refractivity contribution in [2.24, 2.45) is 0 Å². The highest BCUT2D eigenvalue weighted by Gasteiger charge is 2.30. The summed E-state index contributed by atoms with van der Waals surface area (Å²) in [5.74, 6) is -1.40. The van der Waals surface area contributed by atoms with Gasteiger partial charge < -0.3 is 10.4 Å². The van der Waals surface area contributed by atoms with E-state index in [-0.39, 0.29) is 31.2 Å². The quantitative estimate of drug-likeness (QED) is 0.759. The highest BCUT2D eigenvalue weighted by Crippen LogP contribution is 2.30. The fraction of sp³-hybridized carbons (Fsp3) is 0.467. The van der Waals surface area contributed by atoms with Crippen molar-refractivity contribution in [2.75, 3.05) is 6.54 Å². The number of carbonyl (C=O) groups excluding carboxylic acids is 1. The molecule has 0 saturated heterocycles. The average molecular weight is 317 g/mol. The van der Waals surface area contributed by atoms with Gasteiger partial charge in [0.2, 0.25) is 5.91 Å². The second kappa shape index (κ2) is 7.82. The molecule has 1 atom stereocenters. The van der Waals surface area contributed by atoms with E-state index in [1.807, 2.05) is 0 Å². The minimum absolute atomic E-state index is 0.0191. The Hall–Kier alpha value is -2.05. The summed E-state index contributed by atoms with van der Waals surface area (Å²) in [6.45, 7) is 2.02. The molecule has 1 aromatic carbocycles.